The molecule has 1 aliphatic rings. The largest absolute Gasteiger partial charge is 0.492 e. The molecule has 31 heavy (non-hydrogen) atoms. The fraction of sp³-hybridized carbons (Fsp3) is 0.500. The van der Waals surface area contributed by atoms with Crippen LogP contribution in [0, 0.1) is 6.92 Å². The number of rotatable bonds is 6. The Labute approximate surface area is 184 Å². The highest BCUT2D eigenvalue weighted by atomic mass is 16.6. The van der Waals surface area contributed by atoms with Crippen LogP contribution < -0.4 is 10.1 Å². The number of carbonyl (C=O) groups excluding carboxylic acids is 2. The first-order chi connectivity index (χ1) is 14.7. The van der Waals surface area contributed by atoms with Crippen molar-refractivity contribution in [1.82, 2.24) is 14.8 Å². The van der Waals surface area contributed by atoms with Crippen molar-refractivity contribution in [2.45, 2.75) is 52.2 Å². The number of likely N-dealkylation sites (tertiary alicyclic amines) is 1. The molecule has 168 valence electrons. The van der Waals surface area contributed by atoms with E-state index in [0.717, 1.165) is 24.2 Å². The molecule has 0 bridgehead atoms. The molecule has 7 heteroatoms. The van der Waals surface area contributed by atoms with E-state index in [9.17, 15) is 9.59 Å². The Kier molecular flexibility index (Phi) is 7.25. The van der Waals surface area contributed by atoms with Crippen molar-refractivity contribution in [2.24, 2.45) is 0 Å². The first kappa shape index (κ1) is 22.7. The van der Waals surface area contributed by atoms with E-state index in [-0.39, 0.29) is 18.0 Å². The summed E-state index contributed by atoms with van der Waals surface area (Å²) < 4.78 is 13.2. The monoisotopic (exact) mass is 427 g/mol. The van der Waals surface area contributed by atoms with Gasteiger partial charge >= 0.3 is 6.09 Å². The average Bonchev–Trinajstić information content (AvgIpc) is 3.20. The van der Waals surface area contributed by atoms with Gasteiger partial charge in [-0.25, -0.2) is 4.79 Å². The lowest BCUT2D eigenvalue weighted by molar-refractivity contribution is 0.0187. The summed E-state index contributed by atoms with van der Waals surface area (Å²) >= 11 is 0. The molecule has 1 aliphatic heterocycles. The summed E-state index contributed by atoms with van der Waals surface area (Å²) in [5, 5.41) is 2.93. The van der Waals surface area contributed by atoms with Gasteiger partial charge in [-0.2, -0.15) is 0 Å². The number of amides is 2. The molecule has 0 unspecified atom stereocenters. The molecule has 0 spiro atoms. The Morgan fingerprint density at radius 2 is 1.87 bits per heavy atom. The third kappa shape index (κ3) is 6.51. The van der Waals surface area contributed by atoms with Crippen LogP contribution in [0.3, 0.4) is 0 Å². The number of aromatic nitrogens is 1. The fourth-order valence-electron chi connectivity index (χ4n) is 3.69. The van der Waals surface area contributed by atoms with Gasteiger partial charge in [-0.3, -0.25) is 4.79 Å². The van der Waals surface area contributed by atoms with Crippen LogP contribution in [0.25, 0.3) is 0 Å². The molecule has 0 atom stereocenters. The summed E-state index contributed by atoms with van der Waals surface area (Å²) in [5.41, 5.74) is 1.27. The van der Waals surface area contributed by atoms with Gasteiger partial charge in [0.1, 0.15) is 23.7 Å². The number of hydrogen-bond acceptors (Lipinski definition) is 4. The van der Waals surface area contributed by atoms with Crippen LogP contribution in [0.1, 0.15) is 55.7 Å². The molecule has 7 nitrogen and oxygen atoms in total. The number of piperidine rings is 1. The van der Waals surface area contributed by atoms with Crippen LogP contribution in [-0.2, 0) is 4.74 Å². The van der Waals surface area contributed by atoms with Crippen molar-refractivity contribution >= 4 is 12.0 Å². The first-order valence-corrected chi connectivity index (χ1v) is 10.9. The summed E-state index contributed by atoms with van der Waals surface area (Å²) in [4.78, 5) is 26.7. The summed E-state index contributed by atoms with van der Waals surface area (Å²) in [6.45, 7) is 9.68. The van der Waals surface area contributed by atoms with Gasteiger partial charge in [0.2, 0.25) is 0 Å². The van der Waals surface area contributed by atoms with E-state index < -0.39 is 5.60 Å². The lowest BCUT2D eigenvalue weighted by Gasteiger charge is -2.34. The Bertz CT molecular complexity index is 892. The zero-order valence-electron chi connectivity index (χ0n) is 18.9. The molecule has 0 saturated carbocycles. The maximum Gasteiger partial charge on any atom is 0.410 e. The number of benzene rings is 1. The van der Waals surface area contributed by atoms with Crippen molar-refractivity contribution < 1.29 is 19.1 Å². The maximum absolute atomic E-state index is 12.7. The van der Waals surface area contributed by atoms with E-state index in [1.54, 1.807) is 4.90 Å². The molecule has 1 aromatic heterocycles. The summed E-state index contributed by atoms with van der Waals surface area (Å²) in [6.07, 6.45) is 3.23. The van der Waals surface area contributed by atoms with Crippen molar-refractivity contribution in [3.8, 4) is 5.75 Å². The highest BCUT2D eigenvalue weighted by molar-refractivity contribution is 5.92. The zero-order chi connectivity index (χ0) is 22.4. The number of aryl methyl sites for hydroxylation is 1. The van der Waals surface area contributed by atoms with Gasteiger partial charge in [-0.1, -0.05) is 12.1 Å². The van der Waals surface area contributed by atoms with E-state index in [1.807, 2.05) is 74.9 Å². The minimum absolute atomic E-state index is 0.118. The Morgan fingerprint density at radius 1 is 1.13 bits per heavy atom. The van der Waals surface area contributed by atoms with Crippen LogP contribution >= 0.6 is 0 Å². The molecule has 0 radical (unpaired) electrons. The molecular weight excluding hydrogens is 394 g/mol. The number of nitrogens with zero attached hydrogens (tertiary/aromatic N) is 2. The Hall–Kier alpha value is -2.96. The minimum atomic E-state index is -0.497. The smallest absolute Gasteiger partial charge is 0.410 e. The van der Waals surface area contributed by atoms with Crippen molar-refractivity contribution in [2.75, 3.05) is 26.2 Å². The van der Waals surface area contributed by atoms with Gasteiger partial charge < -0.3 is 24.3 Å². The summed E-state index contributed by atoms with van der Waals surface area (Å²) in [5.74, 6) is 0.682. The van der Waals surface area contributed by atoms with E-state index in [1.165, 1.54) is 0 Å². The van der Waals surface area contributed by atoms with Crippen molar-refractivity contribution in [3.05, 3.63) is 53.9 Å². The van der Waals surface area contributed by atoms with E-state index in [4.69, 9.17) is 9.47 Å². The predicted molar refractivity (Wildman–Crippen MR) is 120 cm³/mol. The normalized spacial score (nSPS) is 14.9. The van der Waals surface area contributed by atoms with Crippen LogP contribution in [0.2, 0.25) is 0 Å². The van der Waals surface area contributed by atoms with Crippen molar-refractivity contribution in [3.63, 3.8) is 0 Å². The van der Waals surface area contributed by atoms with Gasteiger partial charge in [-0.05, 0) is 70.4 Å². The molecular formula is C24H33N3O4. The summed E-state index contributed by atoms with van der Waals surface area (Å²) in [6, 6.07) is 11.7. The number of hydrogen-bond donors (Lipinski definition) is 1. The highest BCUT2D eigenvalue weighted by Crippen LogP contribution is 2.25. The summed E-state index contributed by atoms with van der Waals surface area (Å²) in [7, 11) is 0. The lowest BCUT2D eigenvalue weighted by atomic mass is 10.0. The second kappa shape index (κ2) is 9.90. The first-order valence-electron chi connectivity index (χ1n) is 10.9. The number of nitrogens with one attached hydrogen (secondary N) is 1. The SMILES string of the molecule is Cc1cccc(OCCNC(=O)c2cccn2C2CCN(C(=O)OC(C)(C)C)CC2)c1. The van der Waals surface area contributed by atoms with E-state index >= 15 is 0 Å². The molecule has 2 heterocycles. The quantitative estimate of drug-likeness (QED) is 0.702. The van der Waals surface area contributed by atoms with Crippen LogP contribution in [0.4, 0.5) is 4.79 Å². The van der Waals surface area contributed by atoms with Gasteiger partial charge in [0, 0.05) is 25.3 Å². The average molecular weight is 428 g/mol. The highest BCUT2D eigenvalue weighted by Gasteiger charge is 2.28. The number of carbonyl (C=O) groups is 2. The van der Waals surface area contributed by atoms with Gasteiger partial charge in [0.25, 0.3) is 5.91 Å². The molecule has 2 amide bonds. The maximum atomic E-state index is 12.7. The molecule has 1 N–H and O–H groups in total. The van der Waals surface area contributed by atoms with Crippen LogP contribution in [-0.4, -0.2) is 53.3 Å². The third-order valence-corrected chi connectivity index (χ3v) is 5.17. The minimum Gasteiger partial charge on any atom is -0.492 e. The molecule has 3 rings (SSSR count). The molecule has 1 saturated heterocycles. The fourth-order valence-corrected chi connectivity index (χ4v) is 3.69. The lowest BCUT2D eigenvalue weighted by Crippen LogP contribution is -2.42. The standard InChI is InChI=1S/C24H33N3O4/c1-18-7-5-8-20(17-18)30-16-12-25-22(28)21-9-6-13-27(21)19-10-14-26(15-11-19)23(29)31-24(2,3)4/h5-9,13,17,19H,10-12,14-16H2,1-4H3,(H,25,28). The molecule has 1 fully saturated rings. The van der Waals surface area contributed by atoms with Crippen LogP contribution in [0.15, 0.2) is 42.6 Å². The topological polar surface area (TPSA) is 72.8 Å². The van der Waals surface area contributed by atoms with Gasteiger partial charge in [0.15, 0.2) is 0 Å². The molecule has 0 aliphatic carbocycles. The second-order valence-corrected chi connectivity index (χ2v) is 8.92. The van der Waals surface area contributed by atoms with Gasteiger partial charge in [0.05, 0.1) is 6.54 Å². The Morgan fingerprint density at radius 3 is 2.55 bits per heavy atom. The second-order valence-electron chi connectivity index (χ2n) is 8.92. The van der Waals surface area contributed by atoms with Gasteiger partial charge in [-0.15, -0.1) is 0 Å². The van der Waals surface area contributed by atoms with E-state index in [2.05, 4.69) is 5.32 Å². The van der Waals surface area contributed by atoms with E-state index in [0.29, 0.717) is 31.9 Å². The number of ether oxygens (including phenoxy) is 2. The van der Waals surface area contributed by atoms with Crippen molar-refractivity contribution in [1.29, 1.82) is 0 Å². The predicted octanol–water partition coefficient (Wildman–Crippen LogP) is 4.18. The Balaban J connectivity index is 1.48. The molecule has 2 aromatic rings. The van der Waals surface area contributed by atoms with Crippen LogP contribution in [0.5, 0.6) is 5.75 Å². The zero-order valence-corrected chi connectivity index (χ0v) is 18.9. The molecule has 1 aromatic carbocycles. The third-order valence-electron chi connectivity index (χ3n) is 5.17.